The van der Waals surface area contributed by atoms with Gasteiger partial charge in [0.2, 0.25) is 5.43 Å². The molecule has 2 heterocycles. The first-order valence-corrected chi connectivity index (χ1v) is 9.60. The van der Waals surface area contributed by atoms with Gasteiger partial charge in [-0.05, 0) is 42.3 Å². The first kappa shape index (κ1) is 21.4. The lowest BCUT2D eigenvalue weighted by Crippen LogP contribution is -2.24. The van der Waals surface area contributed by atoms with Crippen molar-refractivity contribution in [3.8, 4) is 0 Å². The Kier molecular flexibility index (Phi) is 4.91. The number of hydrogen-bond donors (Lipinski definition) is 1. The SMILES string of the molecule is O=C(Nc1cc(C(F)(F)F)cc(C(F)(F)F)c1)c1cn2c3c(cc(Br)cc3c1=O)CC2. The number of nitrogens with one attached hydrogen (secondary N) is 1. The molecule has 0 atom stereocenters. The van der Waals surface area contributed by atoms with Crippen LogP contribution >= 0.6 is 15.9 Å². The van der Waals surface area contributed by atoms with Crippen molar-refractivity contribution >= 4 is 38.4 Å². The van der Waals surface area contributed by atoms with Gasteiger partial charge in [-0.1, -0.05) is 15.9 Å². The Labute approximate surface area is 178 Å². The highest BCUT2D eigenvalue weighted by Crippen LogP contribution is 2.37. The van der Waals surface area contributed by atoms with Crippen molar-refractivity contribution in [3.63, 3.8) is 0 Å². The Hall–Kier alpha value is -2.82. The van der Waals surface area contributed by atoms with Crippen LogP contribution in [0.5, 0.6) is 0 Å². The fraction of sp³-hybridized carbons (Fsp3) is 0.200. The monoisotopic (exact) mass is 504 g/mol. The van der Waals surface area contributed by atoms with Crippen LogP contribution in [-0.2, 0) is 25.3 Å². The molecule has 0 aliphatic carbocycles. The van der Waals surface area contributed by atoms with E-state index < -0.39 is 40.5 Å². The normalized spacial score (nSPS) is 13.6. The topological polar surface area (TPSA) is 51.1 Å². The van der Waals surface area contributed by atoms with Gasteiger partial charge in [0.1, 0.15) is 5.56 Å². The van der Waals surface area contributed by atoms with E-state index in [-0.39, 0.29) is 17.0 Å². The average Bonchev–Trinajstić information content (AvgIpc) is 3.05. The Morgan fingerprint density at radius 1 is 0.968 bits per heavy atom. The smallest absolute Gasteiger partial charge is 0.346 e. The summed E-state index contributed by atoms with van der Waals surface area (Å²) in [4.78, 5) is 25.5. The zero-order valence-electron chi connectivity index (χ0n) is 15.3. The molecule has 1 amide bonds. The Balaban J connectivity index is 1.79. The maximum absolute atomic E-state index is 13.0. The van der Waals surface area contributed by atoms with Crippen molar-refractivity contribution in [2.24, 2.45) is 0 Å². The summed E-state index contributed by atoms with van der Waals surface area (Å²) in [7, 11) is 0. The van der Waals surface area contributed by atoms with Crippen LogP contribution in [0.2, 0.25) is 0 Å². The Bertz CT molecular complexity index is 1260. The van der Waals surface area contributed by atoms with E-state index in [0.29, 0.717) is 35.1 Å². The van der Waals surface area contributed by atoms with Crippen LogP contribution in [0.3, 0.4) is 0 Å². The minimum absolute atomic E-state index is 0.0415. The Morgan fingerprint density at radius 2 is 1.58 bits per heavy atom. The molecule has 3 aromatic rings. The van der Waals surface area contributed by atoms with Crippen molar-refractivity contribution in [1.82, 2.24) is 4.57 Å². The van der Waals surface area contributed by atoms with Crippen LogP contribution in [0.4, 0.5) is 32.0 Å². The summed E-state index contributed by atoms with van der Waals surface area (Å²) >= 11 is 3.29. The van der Waals surface area contributed by atoms with Gasteiger partial charge in [0.15, 0.2) is 0 Å². The third-order valence-corrected chi connectivity index (χ3v) is 5.39. The first-order valence-electron chi connectivity index (χ1n) is 8.81. The molecule has 0 saturated heterocycles. The fourth-order valence-corrected chi connectivity index (χ4v) is 4.09. The second-order valence-corrected chi connectivity index (χ2v) is 7.94. The molecule has 0 bridgehead atoms. The van der Waals surface area contributed by atoms with Crippen LogP contribution in [0.1, 0.15) is 27.0 Å². The number of halogens is 7. The van der Waals surface area contributed by atoms with Crippen molar-refractivity contribution in [2.75, 3.05) is 5.32 Å². The zero-order chi connectivity index (χ0) is 22.7. The molecule has 0 saturated carbocycles. The molecule has 31 heavy (non-hydrogen) atoms. The molecule has 162 valence electrons. The lowest BCUT2D eigenvalue weighted by Gasteiger charge is -2.15. The molecular formula is C20H11BrF6N2O2. The number of aryl methyl sites for hydroxylation is 2. The molecular weight excluding hydrogens is 494 g/mol. The number of benzene rings is 2. The van der Waals surface area contributed by atoms with Gasteiger partial charge in [-0.2, -0.15) is 26.3 Å². The van der Waals surface area contributed by atoms with E-state index in [4.69, 9.17) is 0 Å². The lowest BCUT2D eigenvalue weighted by atomic mass is 10.1. The zero-order valence-corrected chi connectivity index (χ0v) is 16.9. The lowest BCUT2D eigenvalue weighted by molar-refractivity contribution is -0.143. The minimum Gasteiger partial charge on any atom is -0.346 e. The molecule has 11 heteroatoms. The van der Waals surface area contributed by atoms with E-state index >= 15 is 0 Å². The van der Waals surface area contributed by atoms with Crippen LogP contribution in [0, 0.1) is 0 Å². The van der Waals surface area contributed by atoms with Crippen molar-refractivity contribution in [3.05, 3.63) is 73.5 Å². The van der Waals surface area contributed by atoms with Gasteiger partial charge in [0.05, 0.1) is 16.6 Å². The Morgan fingerprint density at radius 3 is 2.16 bits per heavy atom. The molecule has 1 aliphatic heterocycles. The average molecular weight is 505 g/mol. The third-order valence-electron chi connectivity index (χ3n) is 4.93. The second-order valence-electron chi connectivity index (χ2n) is 7.03. The van der Waals surface area contributed by atoms with E-state index in [0.717, 1.165) is 5.56 Å². The second kappa shape index (κ2) is 7.11. The molecule has 1 aliphatic rings. The summed E-state index contributed by atoms with van der Waals surface area (Å²) in [6, 6.07) is 4.09. The number of aromatic nitrogens is 1. The van der Waals surface area contributed by atoms with Gasteiger partial charge in [0.25, 0.3) is 5.91 Å². The number of nitrogens with zero attached hydrogens (tertiary/aromatic N) is 1. The van der Waals surface area contributed by atoms with Crippen molar-refractivity contribution in [1.29, 1.82) is 0 Å². The number of carbonyl (C=O) groups excluding carboxylic acids is 1. The predicted octanol–water partition coefficient (Wildman–Crippen LogP) is 5.61. The van der Waals surface area contributed by atoms with Crippen LogP contribution < -0.4 is 10.7 Å². The van der Waals surface area contributed by atoms with E-state index in [9.17, 15) is 35.9 Å². The molecule has 0 fully saturated rings. The highest BCUT2D eigenvalue weighted by molar-refractivity contribution is 9.10. The predicted molar refractivity (Wildman–Crippen MR) is 104 cm³/mol. The van der Waals surface area contributed by atoms with Crippen LogP contribution in [-0.4, -0.2) is 10.5 Å². The van der Waals surface area contributed by atoms with Gasteiger partial charge >= 0.3 is 12.4 Å². The largest absolute Gasteiger partial charge is 0.416 e. The minimum atomic E-state index is -5.06. The molecule has 1 N–H and O–H groups in total. The summed E-state index contributed by atoms with van der Waals surface area (Å²) in [5.41, 5.74) is -3.38. The summed E-state index contributed by atoms with van der Waals surface area (Å²) in [5, 5.41) is 2.24. The molecule has 4 rings (SSSR count). The number of hydrogen-bond acceptors (Lipinski definition) is 2. The summed E-state index contributed by atoms with van der Waals surface area (Å²) in [6.07, 6.45) is -8.23. The van der Waals surface area contributed by atoms with Crippen LogP contribution in [0.25, 0.3) is 10.9 Å². The van der Waals surface area contributed by atoms with Crippen molar-refractivity contribution in [2.45, 2.75) is 25.3 Å². The van der Waals surface area contributed by atoms with E-state index in [2.05, 4.69) is 15.9 Å². The van der Waals surface area contributed by atoms with Gasteiger partial charge in [-0.15, -0.1) is 0 Å². The number of carbonyl (C=O) groups is 1. The number of alkyl halides is 6. The maximum atomic E-state index is 13.0. The van der Waals surface area contributed by atoms with Gasteiger partial charge in [-0.25, -0.2) is 0 Å². The fourth-order valence-electron chi connectivity index (χ4n) is 3.59. The number of anilines is 1. The van der Waals surface area contributed by atoms with E-state index in [1.165, 1.54) is 12.3 Å². The molecule has 0 unspecified atom stereocenters. The number of pyridine rings is 1. The maximum Gasteiger partial charge on any atom is 0.416 e. The molecule has 1 aromatic heterocycles. The highest BCUT2D eigenvalue weighted by atomic mass is 79.9. The molecule has 0 spiro atoms. The van der Waals surface area contributed by atoms with Gasteiger partial charge in [-0.3, -0.25) is 9.59 Å². The third kappa shape index (κ3) is 3.93. The van der Waals surface area contributed by atoms with Crippen LogP contribution in [0.15, 0.2) is 45.8 Å². The number of amides is 1. The van der Waals surface area contributed by atoms with Gasteiger partial charge < -0.3 is 9.88 Å². The molecule has 4 nitrogen and oxygen atoms in total. The molecule has 0 radical (unpaired) electrons. The van der Waals surface area contributed by atoms with E-state index in [1.807, 2.05) is 11.4 Å². The van der Waals surface area contributed by atoms with Gasteiger partial charge in [0, 0.05) is 28.3 Å². The molecule has 2 aromatic carbocycles. The quantitative estimate of drug-likeness (QED) is 0.461. The summed E-state index contributed by atoms with van der Waals surface area (Å²) in [6.45, 7) is 0.477. The van der Waals surface area contributed by atoms with E-state index in [1.54, 1.807) is 4.57 Å². The van der Waals surface area contributed by atoms with Crippen molar-refractivity contribution < 1.29 is 31.1 Å². The summed E-state index contributed by atoms with van der Waals surface area (Å²) in [5.74, 6) is -1.10. The standard InChI is InChI=1S/C20H11BrF6N2O2/c21-12-3-9-1-2-29-8-15(17(30)14(7-12)16(9)29)18(31)28-13-5-10(19(22,23)24)4-11(6-13)20(25,26)27/h3-8H,1-2H2,(H,28,31). The highest BCUT2D eigenvalue weighted by Gasteiger charge is 2.37. The number of rotatable bonds is 2. The first-order chi connectivity index (χ1) is 14.3. The summed E-state index contributed by atoms with van der Waals surface area (Å²) < 4.78 is 80.5.